The highest BCUT2D eigenvalue weighted by atomic mass is 16.5. The number of hydrogen-bond acceptors (Lipinski definition) is 4. The number of hydrogen-bond donors (Lipinski definition) is 2. The van der Waals surface area contributed by atoms with Gasteiger partial charge in [0.2, 0.25) is 5.91 Å². The second kappa shape index (κ2) is 9.63. The fraction of sp³-hybridized carbons (Fsp3) is 0.480. The summed E-state index contributed by atoms with van der Waals surface area (Å²) in [6.45, 7) is 4.09. The zero-order valence-corrected chi connectivity index (χ0v) is 17.7. The first kappa shape index (κ1) is 20.9. The van der Waals surface area contributed by atoms with Gasteiger partial charge in [-0.05, 0) is 54.2 Å². The van der Waals surface area contributed by atoms with E-state index in [9.17, 15) is 4.79 Å². The first-order valence-corrected chi connectivity index (χ1v) is 11.2. The van der Waals surface area contributed by atoms with Crippen molar-refractivity contribution in [1.29, 1.82) is 0 Å². The van der Waals surface area contributed by atoms with Gasteiger partial charge in [-0.15, -0.1) is 0 Å². The molecule has 2 aliphatic rings. The quantitative estimate of drug-likeness (QED) is 0.661. The van der Waals surface area contributed by atoms with Gasteiger partial charge in [-0.1, -0.05) is 31.5 Å². The maximum Gasteiger partial charge on any atom is 0.227 e. The van der Waals surface area contributed by atoms with Crippen LogP contribution in [0, 0.1) is 11.8 Å². The number of nitrogens with two attached hydrogens (primary N) is 1. The average molecular weight is 409 g/mol. The Morgan fingerprint density at radius 1 is 1.17 bits per heavy atom. The Labute approximate surface area is 178 Å². The molecular formula is C25H32N2O3. The van der Waals surface area contributed by atoms with Crippen molar-refractivity contribution >= 4 is 11.6 Å². The van der Waals surface area contributed by atoms with Crippen molar-refractivity contribution in [3.63, 3.8) is 0 Å². The maximum atomic E-state index is 12.5. The van der Waals surface area contributed by atoms with Gasteiger partial charge in [0.05, 0.1) is 13.2 Å². The predicted molar refractivity (Wildman–Crippen MR) is 119 cm³/mol. The molecule has 160 valence electrons. The third kappa shape index (κ3) is 5.02. The van der Waals surface area contributed by atoms with Crippen molar-refractivity contribution < 1.29 is 14.3 Å². The van der Waals surface area contributed by atoms with Gasteiger partial charge in [0.15, 0.2) is 0 Å². The summed E-state index contributed by atoms with van der Waals surface area (Å²) in [7, 11) is 0. The number of nitrogens with one attached hydrogen (secondary N) is 1. The van der Waals surface area contributed by atoms with Crippen LogP contribution in [0.15, 0.2) is 42.5 Å². The summed E-state index contributed by atoms with van der Waals surface area (Å²) in [5, 5.41) is 3.10. The summed E-state index contributed by atoms with van der Waals surface area (Å²) >= 11 is 0. The normalized spacial score (nSPS) is 21.3. The molecule has 5 nitrogen and oxygen atoms in total. The largest absolute Gasteiger partial charge is 0.490 e. The number of rotatable bonds is 8. The van der Waals surface area contributed by atoms with Gasteiger partial charge >= 0.3 is 0 Å². The average Bonchev–Trinajstić information content (AvgIpc) is 3.55. The maximum absolute atomic E-state index is 12.5. The van der Waals surface area contributed by atoms with E-state index in [1.54, 1.807) is 0 Å². The molecule has 0 unspecified atom stereocenters. The SMILES string of the molecule is CCC[C@H]1C[C@@H]1C(=O)Nc1cccc(-c2ccc(OC3CCOCC3)c(CN)c2)c1. The Morgan fingerprint density at radius 2 is 1.97 bits per heavy atom. The van der Waals surface area contributed by atoms with E-state index in [4.69, 9.17) is 15.2 Å². The van der Waals surface area contributed by atoms with Gasteiger partial charge in [-0.25, -0.2) is 0 Å². The number of carbonyl (C=O) groups is 1. The highest BCUT2D eigenvalue weighted by Gasteiger charge is 2.41. The molecule has 1 aliphatic heterocycles. The second-order valence-electron chi connectivity index (χ2n) is 8.42. The molecule has 30 heavy (non-hydrogen) atoms. The predicted octanol–water partition coefficient (Wildman–Crippen LogP) is 4.74. The number of ether oxygens (including phenoxy) is 2. The van der Waals surface area contributed by atoms with Crippen molar-refractivity contribution in [3.8, 4) is 16.9 Å². The summed E-state index contributed by atoms with van der Waals surface area (Å²) < 4.78 is 11.6. The van der Waals surface area contributed by atoms with Crippen LogP contribution in [-0.2, 0) is 16.1 Å². The van der Waals surface area contributed by atoms with Crippen LogP contribution in [0.4, 0.5) is 5.69 Å². The molecule has 0 spiro atoms. The fourth-order valence-electron chi connectivity index (χ4n) is 4.28. The molecule has 1 aliphatic carbocycles. The molecule has 3 N–H and O–H groups in total. The van der Waals surface area contributed by atoms with Gasteiger partial charge in [0.25, 0.3) is 0 Å². The summed E-state index contributed by atoms with van der Waals surface area (Å²) in [5.74, 6) is 1.74. The Balaban J connectivity index is 1.45. The van der Waals surface area contributed by atoms with Crippen molar-refractivity contribution in [2.45, 2.75) is 51.7 Å². The first-order valence-electron chi connectivity index (χ1n) is 11.2. The van der Waals surface area contributed by atoms with Gasteiger partial charge in [0, 0.05) is 36.6 Å². The number of benzene rings is 2. The molecule has 2 aromatic carbocycles. The van der Waals surface area contributed by atoms with Crippen molar-refractivity contribution in [2.24, 2.45) is 17.6 Å². The lowest BCUT2D eigenvalue weighted by molar-refractivity contribution is -0.117. The number of amides is 1. The first-order chi connectivity index (χ1) is 14.7. The van der Waals surface area contributed by atoms with Crippen LogP contribution in [-0.4, -0.2) is 25.2 Å². The monoisotopic (exact) mass is 408 g/mol. The topological polar surface area (TPSA) is 73.6 Å². The lowest BCUT2D eigenvalue weighted by Gasteiger charge is -2.24. The summed E-state index contributed by atoms with van der Waals surface area (Å²) in [6, 6.07) is 14.2. The van der Waals surface area contributed by atoms with Crippen molar-refractivity contribution in [2.75, 3.05) is 18.5 Å². The fourth-order valence-corrected chi connectivity index (χ4v) is 4.28. The Hall–Kier alpha value is -2.37. The summed E-state index contributed by atoms with van der Waals surface area (Å²) in [6.07, 6.45) is 5.31. The van der Waals surface area contributed by atoms with Crippen LogP contribution in [0.3, 0.4) is 0 Å². The van der Waals surface area contributed by atoms with Gasteiger partial charge in [-0.3, -0.25) is 4.79 Å². The third-order valence-electron chi connectivity index (χ3n) is 6.12. The van der Waals surface area contributed by atoms with Crippen molar-refractivity contribution in [1.82, 2.24) is 0 Å². The number of anilines is 1. The van der Waals surface area contributed by atoms with Crippen LogP contribution in [0.25, 0.3) is 11.1 Å². The molecule has 2 aromatic rings. The lowest BCUT2D eigenvalue weighted by Crippen LogP contribution is -2.26. The van der Waals surface area contributed by atoms with E-state index < -0.39 is 0 Å². The molecule has 1 heterocycles. The molecule has 0 bridgehead atoms. The molecule has 0 aromatic heterocycles. The van der Waals surface area contributed by atoms with Crippen molar-refractivity contribution in [3.05, 3.63) is 48.0 Å². The van der Waals surface area contributed by atoms with Crippen LogP contribution >= 0.6 is 0 Å². The van der Waals surface area contributed by atoms with E-state index in [0.29, 0.717) is 12.5 Å². The highest BCUT2D eigenvalue weighted by molar-refractivity contribution is 5.95. The zero-order valence-electron chi connectivity index (χ0n) is 17.7. The van der Waals surface area contributed by atoms with Crippen LogP contribution in [0.1, 0.15) is 44.6 Å². The minimum absolute atomic E-state index is 0.147. The van der Waals surface area contributed by atoms with Crippen LogP contribution in [0.2, 0.25) is 0 Å². The minimum atomic E-state index is 0.147. The van der Waals surface area contributed by atoms with E-state index >= 15 is 0 Å². The summed E-state index contributed by atoms with van der Waals surface area (Å²) in [5.41, 5.74) is 9.98. The zero-order chi connectivity index (χ0) is 20.9. The molecule has 0 radical (unpaired) electrons. The van der Waals surface area contributed by atoms with E-state index in [1.165, 1.54) is 0 Å². The van der Waals surface area contributed by atoms with Gasteiger partial charge in [-0.2, -0.15) is 0 Å². The molecule has 1 saturated carbocycles. The number of carbonyl (C=O) groups excluding carboxylic acids is 1. The Kier molecular flexibility index (Phi) is 6.70. The van der Waals surface area contributed by atoms with Crippen LogP contribution < -0.4 is 15.8 Å². The lowest BCUT2D eigenvalue weighted by atomic mass is 10.0. The van der Waals surface area contributed by atoms with Gasteiger partial charge in [0.1, 0.15) is 11.9 Å². The van der Waals surface area contributed by atoms with E-state index in [-0.39, 0.29) is 17.9 Å². The Bertz CT molecular complexity index is 876. The molecule has 1 amide bonds. The molecular weight excluding hydrogens is 376 g/mol. The highest BCUT2D eigenvalue weighted by Crippen LogP contribution is 2.42. The molecule has 4 rings (SSSR count). The molecule has 5 heteroatoms. The Morgan fingerprint density at radius 3 is 2.73 bits per heavy atom. The van der Waals surface area contributed by atoms with E-state index in [1.807, 2.05) is 24.3 Å². The smallest absolute Gasteiger partial charge is 0.227 e. The molecule has 2 fully saturated rings. The standard InChI is InChI=1S/C25H32N2O3/c1-2-4-19-15-23(19)25(28)27-21-6-3-5-17(14-21)18-7-8-24(20(13-18)16-26)30-22-9-11-29-12-10-22/h3,5-8,13-14,19,22-23H,2,4,9-12,15-16,26H2,1H3,(H,27,28)/t19-,23-/m0/s1. The molecule has 1 saturated heterocycles. The minimum Gasteiger partial charge on any atom is -0.490 e. The molecule has 2 atom stereocenters. The van der Waals surface area contributed by atoms with E-state index in [2.05, 4.69) is 30.4 Å². The third-order valence-corrected chi connectivity index (χ3v) is 6.12. The van der Waals surface area contributed by atoms with Crippen LogP contribution in [0.5, 0.6) is 5.75 Å². The van der Waals surface area contributed by atoms with Gasteiger partial charge < -0.3 is 20.5 Å². The second-order valence-corrected chi connectivity index (χ2v) is 8.42. The summed E-state index contributed by atoms with van der Waals surface area (Å²) in [4.78, 5) is 12.5. The van der Waals surface area contributed by atoms with E-state index in [0.717, 1.165) is 73.4 Å².